The molecule has 0 spiro atoms. The first kappa shape index (κ1) is 21.5. The van der Waals surface area contributed by atoms with Crippen molar-refractivity contribution in [2.24, 2.45) is 0 Å². The Labute approximate surface area is 164 Å². The fourth-order valence-corrected chi connectivity index (χ4v) is 2.76. The van der Waals surface area contributed by atoms with Crippen LogP contribution in [0.4, 0.5) is 8.78 Å². The van der Waals surface area contributed by atoms with E-state index in [1.54, 1.807) is 37.3 Å². The zero-order valence-electron chi connectivity index (χ0n) is 16.4. The molecule has 2 amide bonds. The van der Waals surface area contributed by atoms with Crippen LogP contribution in [-0.2, 0) is 22.6 Å². The molecule has 2 atom stereocenters. The highest BCUT2D eigenvalue weighted by Gasteiger charge is 2.28. The first-order chi connectivity index (χ1) is 13.3. The number of hydrogen-bond donors (Lipinski definition) is 1. The Morgan fingerprint density at radius 1 is 0.964 bits per heavy atom. The van der Waals surface area contributed by atoms with E-state index in [2.05, 4.69) is 5.32 Å². The van der Waals surface area contributed by atoms with Gasteiger partial charge in [0.15, 0.2) is 0 Å². The molecule has 0 saturated heterocycles. The second-order valence-electron chi connectivity index (χ2n) is 6.88. The number of halogens is 2. The molecule has 0 unspecified atom stereocenters. The lowest BCUT2D eigenvalue weighted by molar-refractivity contribution is -0.140. The number of benzene rings is 2. The molecule has 150 valence electrons. The maximum Gasteiger partial charge on any atom is 0.242 e. The number of rotatable bonds is 8. The topological polar surface area (TPSA) is 49.4 Å². The molecule has 2 aromatic carbocycles. The van der Waals surface area contributed by atoms with E-state index in [1.165, 1.54) is 23.1 Å². The van der Waals surface area contributed by atoms with Crippen LogP contribution in [-0.4, -0.2) is 28.8 Å². The van der Waals surface area contributed by atoms with Crippen molar-refractivity contribution in [3.63, 3.8) is 0 Å². The number of nitrogens with zero attached hydrogens (tertiary/aromatic N) is 1. The molecule has 0 heterocycles. The van der Waals surface area contributed by atoms with Crippen molar-refractivity contribution in [1.29, 1.82) is 0 Å². The lowest BCUT2D eigenvalue weighted by Gasteiger charge is -2.30. The van der Waals surface area contributed by atoms with Gasteiger partial charge in [-0.05, 0) is 38.0 Å². The van der Waals surface area contributed by atoms with Gasteiger partial charge in [0.2, 0.25) is 11.8 Å². The van der Waals surface area contributed by atoms with Gasteiger partial charge in [-0.3, -0.25) is 9.59 Å². The van der Waals surface area contributed by atoms with E-state index in [9.17, 15) is 18.4 Å². The fraction of sp³-hybridized carbons (Fsp3) is 0.364. The van der Waals surface area contributed by atoms with E-state index in [4.69, 9.17) is 0 Å². The van der Waals surface area contributed by atoms with Crippen LogP contribution >= 0.6 is 0 Å². The number of carbonyl (C=O) groups is 2. The van der Waals surface area contributed by atoms with E-state index < -0.39 is 23.6 Å². The summed E-state index contributed by atoms with van der Waals surface area (Å²) >= 11 is 0. The van der Waals surface area contributed by atoms with Crippen LogP contribution in [0.15, 0.2) is 48.5 Å². The van der Waals surface area contributed by atoms with E-state index in [0.717, 1.165) is 6.42 Å². The lowest BCUT2D eigenvalue weighted by atomic mass is 10.1. The van der Waals surface area contributed by atoms with Gasteiger partial charge in [-0.15, -0.1) is 0 Å². The van der Waals surface area contributed by atoms with Crippen molar-refractivity contribution in [2.45, 2.75) is 52.2 Å². The third-order valence-electron chi connectivity index (χ3n) is 4.77. The summed E-state index contributed by atoms with van der Waals surface area (Å²) in [5.41, 5.74) is 0.535. The van der Waals surface area contributed by atoms with E-state index in [-0.39, 0.29) is 30.5 Å². The molecule has 28 heavy (non-hydrogen) atoms. The highest BCUT2D eigenvalue weighted by molar-refractivity contribution is 5.88. The van der Waals surface area contributed by atoms with Gasteiger partial charge >= 0.3 is 0 Å². The van der Waals surface area contributed by atoms with Crippen LogP contribution in [0.25, 0.3) is 0 Å². The van der Waals surface area contributed by atoms with Crippen LogP contribution in [0.1, 0.15) is 38.3 Å². The molecule has 0 aromatic heterocycles. The summed E-state index contributed by atoms with van der Waals surface area (Å²) in [5.74, 6) is -1.72. The summed E-state index contributed by atoms with van der Waals surface area (Å²) in [6, 6.07) is 11.2. The second-order valence-corrected chi connectivity index (χ2v) is 6.88. The van der Waals surface area contributed by atoms with Crippen molar-refractivity contribution >= 4 is 11.8 Å². The Morgan fingerprint density at radius 2 is 1.50 bits per heavy atom. The van der Waals surface area contributed by atoms with Crippen LogP contribution in [0.2, 0.25) is 0 Å². The Morgan fingerprint density at radius 3 is 2.04 bits per heavy atom. The molecule has 0 aliphatic rings. The average molecular weight is 388 g/mol. The molecule has 0 saturated carbocycles. The third kappa shape index (κ3) is 5.62. The van der Waals surface area contributed by atoms with Crippen molar-refractivity contribution in [2.75, 3.05) is 0 Å². The first-order valence-electron chi connectivity index (χ1n) is 9.40. The van der Waals surface area contributed by atoms with Crippen LogP contribution < -0.4 is 5.32 Å². The molecule has 2 aromatic rings. The molecule has 0 bridgehead atoms. The maximum absolute atomic E-state index is 14.1. The minimum atomic E-state index is -0.826. The van der Waals surface area contributed by atoms with Gasteiger partial charge < -0.3 is 10.2 Å². The molecular formula is C22H26F2N2O2. The minimum absolute atomic E-state index is 0.0491. The largest absolute Gasteiger partial charge is 0.352 e. The Balaban J connectivity index is 2.26. The van der Waals surface area contributed by atoms with Gasteiger partial charge in [0.1, 0.15) is 17.7 Å². The Hall–Kier alpha value is -2.76. The van der Waals surface area contributed by atoms with Crippen molar-refractivity contribution < 1.29 is 18.4 Å². The lowest BCUT2D eigenvalue weighted by Crippen LogP contribution is -2.50. The molecule has 0 radical (unpaired) electrons. The van der Waals surface area contributed by atoms with Crippen molar-refractivity contribution in [1.82, 2.24) is 10.2 Å². The van der Waals surface area contributed by atoms with Gasteiger partial charge in [0, 0.05) is 18.2 Å². The van der Waals surface area contributed by atoms with Gasteiger partial charge in [0.05, 0.1) is 6.42 Å². The quantitative estimate of drug-likeness (QED) is 0.747. The monoisotopic (exact) mass is 388 g/mol. The number of hydrogen-bond acceptors (Lipinski definition) is 2. The predicted octanol–water partition coefficient (Wildman–Crippen LogP) is 3.84. The molecular weight excluding hydrogens is 362 g/mol. The summed E-state index contributed by atoms with van der Waals surface area (Å²) in [5, 5.41) is 2.84. The maximum atomic E-state index is 14.1. The molecule has 0 fully saturated rings. The van der Waals surface area contributed by atoms with E-state index >= 15 is 0 Å². The van der Waals surface area contributed by atoms with Crippen molar-refractivity contribution in [3.05, 3.63) is 71.3 Å². The van der Waals surface area contributed by atoms with Gasteiger partial charge in [-0.1, -0.05) is 43.3 Å². The molecule has 2 rings (SSSR count). The van der Waals surface area contributed by atoms with Crippen LogP contribution in [0.3, 0.4) is 0 Å². The minimum Gasteiger partial charge on any atom is -0.352 e. The summed E-state index contributed by atoms with van der Waals surface area (Å²) in [7, 11) is 0. The van der Waals surface area contributed by atoms with E-state index in [0.29, 0.717) is 5.56 Å². The van der Waals surface area contributed by atoms with Crippen molar-refractivity contribution in [3.8, 4) is 0 Å². The molecule has 1 N–H and O–H groups in total. The third-order valence-corrected chi connectivity index (χ3v) is 4.77. The zero-order valence-corrected chi connectivity index (χ0v) is 16.4. The fourth-order valence-electron chi connectivity index (χ4n) is 2.76. The SMILES string of the molecule is CC[C@@H](C)NC(=O)[C@@H](C)N(Cc1ccccc1F)C(=O)Cc1ccccc1F. The highest BCUT2D eigenvalue weighted by atomic mass is 19.1. The number of amides is 2. The number of carbonyl (C=O) groups excluding carboxylic acids is 2. The summed E-state index contributed by atoms with van der Waals surface area (Å²) in [4.78, 5) is 26.8. The highest BCUT2D eigenvalue weighted by Crippen LogP contribution is 2.16. The Bertz CT molecular complexity index is 826. The van der Waals surface area contributed by atoms with Crippen LogP contribution in [0.5, 0.6) is 0 Å². The standard InChI is InChI=1S/C22H26F2N2O2/c1-4-15(2)25-22(28)16(3)26(14-18-10-6-8-12-20(18)24)21(27)13-17-9-5-7-11-19(17)23/h5-12,15-16H,4,13-14H2,1-3H3,(H,25,28)/t15-,16-/m1/s1. The van der Waals surface area contributed by atoms with E-state index in [1.807, 2.05) is 13.8 Å². The smallest absolute Gasteiger partial charge is 0.242 e. The molecule has 6 heteroatoms. The predicted molar refractivity (Wildman–Crippen MR) is 104 cm³/mol. The summed E-state index contributed by atoms with van der Waals surface area (Å²) in [6.45, 7) is 5.33. The molecule has 4 nitrogen and oxygen atoms in total. The second kappa shape index (κ2) is 9.97. The summed E-state index contributed by atoms with van der Waals surface area (Å²) in [6.07, 6.45) is 0.539. The van der Waals surface area contributed by atoms with Gasteiger partial charge in [0.25, 0.3) is 0 Å². The van der Waals surface area contributed by atoms with Gasteiger partial charge in [-0.25, -0.2) is 8.78 Å². The summed E-state index contributed by atoms with van der Waals surface area (Å²) < 4.78 is 28.1. The van der Waals surface area contributed by atoms with Gasteiger partial charge in [-0.2, -0.15) is 0 Å². The zero-order chi connectivity index (χ0) is 20.7. The number of nitrogens with one attached hydrogen (secondary N) is 1. The normalized spacial score (nSPS) is 12.9. The molecule has 0 aliphatic carbocycles. The average Bonchev–Trinajstić information content (AvgIpc) is 2.68. The molecule has 0 aliphatic heterocycles. The van der Waals surface area contributed by atoms with Crippen LogP contribution in [0, 0.1) is 11.6 Å². The Kier molecular flexibility index (Phi) is 7.67. The first-order valence-corrected chi connectivity index (χ1v) is 9.40.